The smallest absolute Gasteiger partial charge is 0.303 e. The van der Waals surface area contributed by atoms with Gasteiger partial charge in [0, 0.05) is 26.8 Å². The molecule has 30 heavy (non-hydrogen) atoms. The van der Waals surface area contributed by atoms with Gasteiger partial charge in [-0.05, 0) is 25.0 Å². The molecule has 6 heteroatoms. The van der Waals surface area contributed by atoms with Crippen molar-refractivity contribution >= 4 is 5.97 Å². The Bertz CT molecular complexity index is 531. The van der Waals surface area contributed by atoms with Crippen molar-refractivity contribution in [2.24, 2.45) is 0 Å². The van der Waals surface area contributed by atoms with Gasteiger partial charge in [-0.2, -0.15) is 13.3 Å². The van der Waals surface area contributed by atoms with Crippen molar-refractivity contribution in [3.63, 3.8) is 0 Å². The van der Waals surface area contributed by atoms with Gasteiger partial charge >= 0.3 is 5.97 Å². The fourth-order valence-electron chi connectivity index (χ4n) is 2.01. The molecule has 0 aromatic carbocycles. The van der Waals surface area contributed by atoms with Crippen molar-refractivity contribution in [2.45, 2.75) is 92.0 Å². The number of hydrogen-bond donors (Lipinski definition) is 4. The van der Waals surface area contributed by atoms with Crippen LogP contribution in [0.2, 0.25) is 0 Å². The molecule has 1 radical (unpaired) electrons. The summed E-state index contributed by atoms with van der Waals surface area (Å²) in [6.07, 6.45) is 10.6. The van der Waals surface area contributed by atoms with Gasteiger partial charge in [-0.3, -0.25) is 10.7 Å². The van der Waals surface area contributed by atoms with E-state index >= 15 is 0 Å². The minimum absolute atomic E-state index is 0. The van der Waals surface area contributed by atoms with Crippen molar-refractivity contribution in [3.8, 4) is 11.8 Å². The largest absolute Gasteiger partial charge is 0.481 e. The van der Waals surface area contributed by atoms with E-state index in [2.05, 4.69) is 18.8 Å². The third-order valence-corrected chi connectivity index (χ3v) is 3.72. The molecule has 0 spiro atoms. The predicted octanol–water partition coefficient (Wildman–Crippen LogP) is 4.44. The zero-order valence-electron chi connectivity index (χ0n) is 18.0. The minimum Gasteiger partial charge on any atom is -0.481 e. The van der Waals surface area contributed by atoms with Crippen LogP contribution in [0.4, 0.5) is 0 Å². The maximum atomic E-state index is 10.4. The maximum absolute atomic E-state index is 10.4. The first-order valence-corrected chi connectivity index (χ1v) is 9.97. The Kier molecular flexibility index (Phi) is 31.2. The van der Waals surface area contributed by atoms with E-state index in [9.17, 15) is 20.1 Å². The standard InChI is InChI=1S/C21H31O5.C2H6.CH4.Re/c1-3-4-12-17(2)18(22)13-9-7-5-6-8-10-14-19(23)20(24)15-11-16-21(25)26;1-2;;/h5-8,10,14,18-20,22-24H,3-4,11-12,15-16H2,1-2H3,(H,25,26);1-2H3;1H4;/q-1;;;/b7-5-,8-6+,14-10+;;;/t18-,19+,20-;;;/m0.../s1. The Morgan fingerprint density at radius 3 is 2.23 bits per heavy atom. The van der Waals surface area contributed by atoms with Crippen LogP contribution in [-0.4, -0.2) is 44.7 Å². The van der Waals surface area contributed by atoms with Crippen LogP contribution in [0.25, 0.3) is 0 Å². The SMILES string of the molecule is C.CC.CCCC[C-](C)[C@@H](O)C#C\C=C/C=C/C=C/[C@@H](O)[C@@H](O)CCCC(=O)O.[Re]. The summed E-state index contributed by atoms with van der Waals surface area (Å²) in [6.45, 7) is 8.01. The number of carbonyl (C=O) groups is 1. The van der Waals surface area contributed by atoms with E-state index in [4.69, 9.17) is 5.11 Å². The molecule has 0 fully saturated rings. The molecule has 0 saturated carbocycles. The second-order valence-electron chi connectivity index (χ2n) is 6.11. The molecule has 0 aliphatic carbocycles. The summed E-state index contributed by atoms with van der Waals surface area (Å²) in [6, 6.07) is 0. The first-order chi connectivity index (χ1) is 13.4. The van der Waals surface area contributed by atoms with Crippen LogP contribution in [0.5, 0.6) is 0 Å². The molecule has 0 aromatic heterocycles. The fourth-order valence-corrected chi connectivity index (χ4v) is 2.01. The first-order valence-electron chi connectivity index (χ1n) is 9.97. The topological polar surface area (TPSA) is 98.0 Å². The molecule has 0 heterocycles. The second-order valence-corrected chi connectivity index (χ2v) is 6.11. The number of allylic oxidation sites excluding steroid dienone is 5. The average Bonchev–Trinajstić information content (AvgIpc) is 2.68. The van der Waals surface area contributed by atoms with E-state index in [1.807, 2.05) is 20.8 Å². The fraction of sp³-hybridized carbons (Fsp3) is 0.583. The van der Waals surface area contributed by atoms with Gasteiger partial charge in [-0.25, -0.2) is 0 Å². The number of aliphatic carboxylic acids is 1. The molecule has 0 saturated heterocycles. The summed E-state index contributed by atoms with van der Waals surface area (Å²) in [5.74, 6) is 5.60. The van der Waals surface area contributed by atoms with Crippen molar-refractivity contribution in [2.75, 3.05) is 0 Å². The van der Waals surface area contributed by atoms with E-state index in [1.165, 1.54) is 6.08 Å². The van der Waals surface area contributed by atoms with Crippen molar-refractivity contribution < 1.29 is 45.6 Å². The van der Waals surface area contributed by atoms with Crippen LogP contribution < -0.4 is 0 Å². The molecular formula is C24H41O5Re-. The molecule has 0 unspecified atom stereocenters. The molecule has 0 bridgehead atoms. The normalized spacial score (nSPS) is 13.6. The number of aliphatic hydroxyl groups is 3. The Labute approximate surface area is 197 Å². The molecule has 0 amide bonds. The average molecular weight is 596 g/mol. The van der Waals surface area contributed by atoms with E-state index < -0.39 is 24.3 Å². The van der Waals surface area contributed by atoms with E-state index in [0.29, 0.717) is 6.42 Å². The molecule has 3 atom stereocenters. The van der Waals surface area contributed by atoms with Crippen LogP contribution in [-0.2, 0) is 25.2 Å². The van der Waals surface area contributed by atoms with E-state index in [0.717, 1.165) is 25.2 Å². The van der Waals surface area contributed by atoms with Crippen LogP contribution in [0.15, 0.2) is 36.5 Å². The van der Waals surface area contributed by atoms with Crippen molar-refractivity contribution in [1.29, 1.82) is 0 Å². The molecule has 0 aliphatic heterocycles. The maximum Gasteiger partial charge on any atom is 0.303 e. The van der Waals surface area contributed by atoms with Gasteiger partial charge in [0.05, 0.1) is 12.2 Å². The zero-order valence-corrected chi connectivity index (χ0v) is 20.7. The van der Waals surface area contributed by atoms with Crippen LogP contribution in [0.1, 0.15) is 73.6 Å². The number of unbranched alkanes of at least 4 members (excludes halogenated alkanes) is 1. The molecular weight excluding hydrogens is 554 g/mol. The minimum atomic E-state index is -1.03. The Morgan fingerprint density at radius 2 is 1.67 bits per heavy atom. The van der Waals surface area contributed by atoms with Crippen LogP contribution in [0, 0.1) is 17.8 Å². The molecule has 0 aromatic rings. The quantitative estimate of drug-likeness (QED) is 0.152. The van der Waals surface area contributed by atoms with Crippen molar-refractivity contribution in [1.82, 2.24) is 0 Å². The van der Waals surface area contributed by atoms with Gasteiger partial charge in [0.15, 0.2) is 0 Å². The van der Waals surface area contributed by atoms with Crippen LogP contribution >= 0.6 is 0 Å². The third-order valence-electron chi connectivity index (χ3n) is 3.72. The van der Waals surface area contributed by atoms with Gasteiger partial charge in [0.2, 0.25) is 0 Å². The number of aliphatic hydroxyl groups excluding tert-OH is 3. The molecule has 175 valence electrons. The van der Waals surface area contributed by atoms with Crippen LogP contribution in [0.3, 0.4) is 0 Å². The molecule has 0 rings (SSSR count). The monoisotopic (exact) mass is 596 g/mol. The molecule has 4 N–H and O–H groups in total. The number of hydrogen-bond acceptors (Lipinski definition) is 4. The predicted molar refractivity (Wildman–Crippen MR) is 121 cm³/mol. The van der Waals surface area contributed by atoms with E-state index in [1.54, 1.807) is 30.4 Å². The third kappa shape index (κ3) is 23.1. The second kappa shape index (κ2) is 25.8. The van der Waals surface area contributed by atoms with Gasteiger partial charge in [-0.1, -0.05) is 77.3 Å². The summed E-state index contributed by atoms with van der Waals surface area (Å²) in [7, 11) is 0. The summed E-state index contributed by atoms with van der Waals surface area (Å²) in [5, 5.41) is 37.7. The van der Waals surface area contributed by atoms with Gasteiger partial charge in [0.25, 0.3) is 0 Å². The van der Waals surface area contributed by atoms with E-state index in [-0.39, 0.29) is 40.7 Å². The van der Waals surface area contributed by atoms with Crippen molar-refractivity contribution in [3.05, 3.63) is 42.4 Å². The molecule has 0 aliphatic rings. The van der Waals surface area contributed by atoms with Gasteiger partial charge in [-0.15, -0.1) is 5.92 Å². The summed E-state index contributed by atoms with van der Waals surface area (Å²) in [5.41, 5.74) is 0. The molecule has 5 nitrogen and oxygen atoms in total. The number of rotatable bonds is 12. The number of carboxylic acid groups (broad SMARTS) is 1. The Hall–Kier alpha value is -1.21. The first kappa shape index (κ1) is 36.2. The Morgan fingerprint density at radius 1 is 1.07 bits per heavy atom. The summed E-state index contributed by atoms with van der Waals surface area (Å²) < 4.78 is 0. The zero-order chi connectivity index (χ0) is 21.8. The summed E-state index contributed by atoms with van der Waals surface area (Å²) >= 11 is 0. The summed E-state index contributed by atoms with van der Waals surface area (Å²) in [4.78, 5) is 10.4. The van der Waals surface area contributed by atoms with Gasteiger partial charge in [0.1, 0.15) is 0 Å². The van der Waals surface area contributed by atoms with Gasteiger partial charge < -0.3 is 20.4 Å². The number of carboxylic acids is 1. The Balaban J connectivity index is -0.000000817.